The molecule has 0 bridgehead atoms. The van der Waals surface area contributed by atoms with Crippen LogP contribution in [0.3, 0.4) is 0 Å². The van der Waals surface area contributed by atoms with Crippen molar-refractivity contribution in [1.29, 1.82) is 0 Å². The van der Waals surface area contributed by atoms with Crippen molar-refractivity contribution in [3.63, 3.8) is 0 Å². The number of hydrogen-bond acceptors (Lipinski definition) is 5. The standard InChI is InChI=1S/C10H11NO5/c1-5-3-8(12)7(10(15)16-5)4-11-6(2)9(13)14/h3-4,6,12H,1-2H3,(H,13,14)/t6-/m0/s1. The van der Waals surface area contributed by atoms with Gasteiger partial charge in [0.1, 0.15) is 23.1 Å². The molecule has 0 aliphatic heterocycles. The van der Waals surface area contributed by atoms with E-state index in [9.17, 15) is 14.7 Å². The molecule has 6 heteroatoms. The molecule has 0 fully saturated rings. The van der Waals surface area contributed by atoms with Crippen molar-refractivity contribution >= 4 is 12.2 Å². The molecule has 0 aromatic carbocycles. The molecule has 0 amide bonds. The van der Waals surface area contributed by atoms with E-state index in [2.05, 4.69) is 4.99 Å². The summed E-state index contributed by atoms with van der Waals surface area (Å²) in [5.74, 6) is -1.13. The molecule has 0 radical (unpaired) electrons. The van der Waals surface area contributed by atoms with Crippen molar-refractivity contribution in [2.24, 2.45) is 4.99 Å². The minimum absolute atomic E-state index is 0.154. The van der Waals surface area contributed by atoms with Gasteiger partial charge in [0.2, 0.25) is 0 Å². The molecule has 0 aliphatic rings. The Morgan fingerprint density at radius 2 is 2.25 bits per heavy atom. The SMILES string of the molecule is Cc1cc(O)c(C=N[C@@H](C)C(=O)O)c(=O)o1. The first kappa shape index (κ1) is 12.0. The molecular formula is C10H11NO5. The quantitative estimate of drug-likeness (QED) is 0.731. The summed E-state index contributed by atoms with van der Waals surface area (Å²) in [7, 11) is 0. The predicted octanol–water partition coefficient (Wildman–Crippen LogP) is 0.546. The number of aliphatic imine (C=N–C) groups is 1. The third-order valence-corrected chi connectivity index (χ3v) is 1.87. The number of aliphatic carboxylic acids is 1. The highest BCUT2D eigenvalue weighted by atomic mass is 16.4. The van der Waals surface area contributed by atoms with Crippen LogP contribution in [0, 0.1) is 6.92 Å². The van der Waals surface area contributed by atoms with Crippen molar-refractivity contribution in [2.45, 2.75) is 19.9 Å². The molecular weight excluding hydrogens is 214 g/mol. The van der Waals surface area contributed by atoms with Gasteiger partial charge in [0.25, 0.3) is 0 Å². The Kier molecular flexibility index (Phi) is 3.44. The van der Waals surface area contributed by atoms with E-state index < -0.39 is 17.6 Å². The summed E-state index contributed by atoms with van der Waals surface area (Å²) in [5, 5.41) is 18.0. The number of nitrogens with zero attached hydrogens (tertiary/aromatic N) is 1. The molecule has 0 aliphatic carbocycles. The third-order valence-electron chi connectivity index (χ3n) is 1.87. The second-order valence-electron chi connectivity index (χ2n) is 3.24. The highest BCUT2D eigenvalue weighted by Crippen LogP contribution is 2.12. The summed E-state index contributed by atoms with van der Waals surface area (Å²) < 4.78 is 4.73. The number of rotatable bonds is 3. The fraction of sp³-hybridized carbons (Fsp3) is 0.300. The first-order chi connectivity index (χ1) is 7.41. The van der Waals surface area contributed by atoms with Crippen LogP contribution in [0.2, 0.25) is 0 Å². The van der Waals surface area contributed by atoms with Gasteiger partial charge < -0.3 is 14.6 Å². The molecule has 1 atom stereocenters. The largest absolute Gasteiger partial charge is 0.507 e. The average molecular weight is 225 g/mol. The molecule has 1 aromatic rings. The molecule has 86 valence electrons. The highest BCUT2D eigenvalue weighted by molar-refractivity contribution is 5.85. The zero-order chi connectivity index (χ0) is 12.3. The van der Waals surface area contributed by atoms with E-state index in [4.69, 9.17) is 9.52 Å². The number of aromatic hydroxyl groups is 1. The Hall–Kier alpha value is -2.11. The van der Waals surface area contributed by atoms with E-state index in [0.717, 1.165) is 6.21 Å². The highest BCUT2D eigenvalue weighted by Gasteiger charge is 2.10. The van der Waals surface area contributed by atoms with Crippen LogP contribution >= 0.6 is 0 Å². The van der Waals surface area contributed by atoms with E-state index in [1.54, 1.807) is 0 Å². The Balaban J connectivity index is 3.07. The number of carboxylic acid groups (broad SMARTS) is 1. The van der Waals surface area contributed by atoms with Crippen LogP contribution in [0.4, 0.5) is 0 Å². The minimum Gasteiger partial charge on any atom is -0.507 e. The summed E-state index contributed by atoms with van der Waals surface area (Å²) in [5.41, 5.74) is -0.905. The second kappa shape index (κ2) is 4.61. The van der Waals surface area contributed by atoms with Crippen molar-refractivity contribution < 1.29 is 19.4 Å². The maximum absolute atomic E-state index is 11.3. The Bertz CT molecular complexity index is 488. The van der Waals surface area contributed by atoms with Gasteiger partial charge in [-0.2, -0.15) is 0 Å². The van der Waals surface area contributed by atoms with Crippen molar-refractivity contribution in [2.75, 3.05) is 0 Å². The van der Waals surface area contributed by atoms with Gasteiger partial charge in [0.15, 0.2) is 0 Å². The maximum Gasteiger partial charge on any atom is 0.348 e. The fourth-order valence-corrected chi connectivity index (χ4v) is 0.974. The Morgan fingerprint density at radius 3 is 2.75 bits per heavy atom. The van der Waals surface area contributed by atoms with Crippen molar-refractivity contribution in [3.05, 3.63) is 27.8 Å². The first-order valence-corrected chi connectivity index (χ1v) is 4.51. The molecule has 2 N–H and O–H groups in total. The summed E-state index contributed by atoms with van der Waals surface area (Å²) in [6.07, 6.45) is 0.999. The lowest BCUT2D eigenvalue weighted by Crippen LogP contribution is -2.15. The minimum atomic E-state index is -1.12. The number of carbonyl (C=O) groups is 1. The van der Waals surface area contributed by atoms with E-state index >= 15 is 0 Å². The average Bonchev–Trinajstić information content (AvgIpc) is 2.15. The molecule has 6 nitrogen and oxygen atoms in total. The zero-order valence-corrected chi connectivity index (χ0v) is 8.80. The van der Waals surface area contributed by atoms with E-state index in [-0.39, 0.29) is 17.1 Å². The normalized spacial score (nSPS) is 12.9. The lowest BCUT2D eigenvalue weighted by molar-refractivity contribution is -0.137. The summed E-state index contributed by atoms with van der Waals surface area (Å²) in [4.78, 5) is 25.3. The van der Waals surface area contributed by atoms with Crippen molar-refractivity contribution in [1.82, 2.24) is 0 Å². The molecule has 0 saturated heterocycles. The third kappa shape index (κ3) is 2.69. The lowest BCUT2D eigenvalue weighted by atomic mass is 10.2. The van der Waals surface area contributed by atoms with Crippen LogP contribution < -0.4 is 5.63 Å². The topological polar surface area (TPSA) is 100 Å². The van der Waals surface area contributed by atoms with E-state index in [1.807, 2.05) is 0 Å². The van der Waals surface area contributed by atoms with Gasteiger partial charge in [-0.3, -0.25) is 4.99 Å². The van der Waals surface area contributed by atoms with Crippen LogP contribution in [-0.2, 0) is 4.79 Å². The van der Waals surface area contributed by atoms with E-state index in [1.165, 1.54) is 19.9 Å². The van der Waals surface area contributed by atoms with Gasteiger partial charge in [-0.15, -0.1) is 0 Å². The van der Waals surface area contributed by atoms with Gasteiger partial charge in [0, 0.05) is 12.3 Å². The second-order valence-corrected chi connectivity index (χ2v) is 3.24. The maximum atomic E-state index is 11.3. The van der Waals surface area contributed by atoms with Crippen LogP contribution in [0.1, 0.15) is 18.2 Å². The van der Waals surface area contributed by atoms with Crippen LogP contribution in [0.25, 0.3) is 0 Å². The summed E-state index contributed by atoms with van der Waals surface area (Å²) in [6.45, 7) is 2.87. The summed E-state index contributed by atoms with van der Waals surface area (Å²) in [6, 6.07) is 0.272. The van der Waals surface area contributed by atoms with Crippen LogP contribution in [-0.4, -0.2) is 28.4 Å². The smallest absolute Gasteiger partial charge is 0.348 e. The van der Waals surface area contributed by atoms with Gasteiger partial charge in [-0.1, -0.05) is 0 Å². The van der Waals surface area contributed by atoms with Gasteiger partial charge in [-0.25, -0.2) is 9.59 Å². The molecule has 1 aromatic heterocycles. The Labute approximate surface area is 90.9 Å². The van der Waals surface area contributed by atoms with Gasteiger partial charge >= 0.3 is 11.6 Å². The predicted molar refractivity (Wildman–Crippen MR) is 56.1 cm³/mol. The monoisotopic (exact) mass is 225 g/mol. The molecule has 1 heterocycles. The number of carboxylic acids is 1. The molecule has 0 spiro atoms. The van der Waals surface area contributed by atoms with Gasteiger partial charge in [-0.05, 0) is 13.8 Å². The lowest BCUT2D eigenvalue weighted by Gasteiger charge is -2.00. The van der Waals surface area contributed by atoms with Gasteiger partial charge in [0.05, 0.1) is 0 Å². The zero-order valence-electron chi connectivity index (χ0n) is 8.80. The Morgan fingerprint density at radius 1 is 1.62 bits per heavy atom. The molecule has 0 saturated carbocycles. The van der Waals surface area contributed by atoms with E-state index in [0.29, 0.717) is 0 Å². The molecule has 1 rings (SSSR count). The van der Waals surface area contributed by atoms with Crippen LogP contribution in [0.5, 0.6) is 5.75 Å². The fourth-order valence-electron chi connectivity index (χ4n) is 0.974. The molecule has 0 unspecified atom stereocenters. The van der Waals surface area contributed by atoms with Crippen LogP contribution in [0.15, 0.2) is 20.3 Å². The molecule has 16 heavy (non-hydrogen) atoms. The number of hydrogen-bond donors (Lipinski definition) is 2. The number of aryl methyl sites for hydroxylation is 1. The summed E-state index contributed by atoms with van der Waals surface area (Å²) >= 11 is 0. The van der Waals surface area contributed by atoms with Crippen molar-refractivity contribution in [3.8, 4) is 5.75 Å². The first-order valence-electron chi connectivity index (χ1n) is 4.51.